The van der Waals surface area contributed by atoms with Gasteiger partial charge in [-0.2, -0.15) is 10.5 Å². The predicted molar refractivity (Wildman–Crippen MR) is 71.4 cm³/mol. The molecule has 2 rings (SSSR count). The summed E-state index contributed by atoms with van der Waals surface area (Å²) in [5.41, 5.74) is 0. The molecule has 1 aliphatic carbocycles. The lowest BCUT2D eigenvalue weighted by atomic mass is 9.93. The normalized spacial score (nSPS) is 13.4. The summed E-state index contributed by atoms with van der Waals surface area (Å²) in [7, 11) is 0. The number of unbranched alkanes of at least 4 members (excludes halogenated alkanes) is 2. The molecule has 0 amide bonds. The van der Waals surface area contributed by atoms with Crippen LogP contribution in [0.2, 0.25) is 0 Å². The second kappa shape index (κ2) is 8.99. The minimum Gasteiger partial charge on any atom is -0.237 e. The number of imidazole rings is 1. The van der Waals surface area contributed by atoms with Gasteiger partial charge in [0.1, 0.15) is 18.4 Å². The molecule has 1 fully saturated rings. The Morgan fingerprint density at radius 1 is 1.32 bits per heavy atom. The highest BCUT2D eigenvalue weighted by Crippen LogP contribution is 2.25. The van der Waals surface area contributed by atoms with Crippen LogP contribution in [0, 0.1) is 22.9 Å². The van der Waals surface area contributed by atoms with Crippen molar-refractivity contribution in [2.75, 3.05) is 0 Å². The molecular formula is C14H22N5+. The molecule has 0 saturated heterocycles. The highest BCUT2D eigenvalue weighted by molar-refractivity contribution is 4.77. The van der Waals surface area contributed by atoms with E-state index in [1.807, 2.05) is 0 Å². The minimum absolute atomic E-state index is 0.808. The quantitative estimate of drug-likeness (QED) is 0.382. The number of nitriles is 2. The lowest BCUT2D eigenvalue weighted by Crippen LogP contribution is -2.41. The lowest BCUT2D eigenvalue weighted by molar-refractivity contribution is -0.732. The van der Waals surface area contributed by atoms with E-state index in [0.29, 0.717) is 0 Å². The number of hydrogen-bond donors (Lipinski definition) is 1. The fourth-order valence-corrected chi connectivity index (χ4v) is 2.01. The third kappa shape index (κ3) is 5.44. The Kier molecular flexibility index (Phi) is 7.12. The van der Waals surface area contributed by atoms with Crippen molar-refractivity contribution < 1.29 is 4.57 Å². The molecule has 0 unspecified atom stereocenters. The van der Waals surface area contributed by atoms with Crippen LogP contribution in [0.25, 0.3) is 0 Å². The van der Waals surface area contributed by atoms with Crippen molar-refractivity contribution in [2.24, 2.45) is 0 Å². The average Bonchev–Trinajstić information content (AvgIpc) is 2.78. The molecular weight excluding hydrogens is 238 g/mol. The molecule has 1 aromatic heterocycles. The summed E-state index contributed by atoms with van der Waals surface area (Å²) < 4.78 is 4.71. The van der Waals surface area contributed by atoms with E-state index >= 15 is 0 Å². The van der Waals surface area contributed by atoms with Gasteiger partial charge in [0.2, 0.25) is 6.33 Å². The summed E-state index contributed by atoms with van der Waals surface area (Å²) in [6.07, 6.45) is 17.7. The highest BCUT2D eigenvalue weighted by atomic mass is 15.1. The molecule has 1 heterocycles. The van der Waals surface area contributed by atoms with Crippen molar-refractivity contribution in [2.45, 2.75) is 58.0 Å². The van der Waals surface area contributed by atoms with E-state index in [1.165, 1.54) is 57.5 Å². The van der Waals surface area contributed by atoms with Gasteiger partial charge < -0.3 is 0 Å². The molecule has 19 heavy (non-hydrogen) atoms. The van der Waals surface area contributed by atoms with Crippen molar-refractivity contribution in [3.8, 4) is 12.4 Å². The molecule has 102 valence electrons. The monoisotopic (exact) mass is 260 g/mol. The number of rotatable bonds is 5. The van der Waals surface area contributed by atoms with Crippen molar-refractivity contribution in [1.82, 2.24) is 9.88 Å². The first-order chi connectivity index (χ1) is 9.31. The molecule has 0 bridgehead atoms. The van der Waals surface area contributed by atoms with Crippen LogP contribution < -0.4 is 9.88 Å². The van der Waals surface area contributed by atoms with E-state index in [9.17, 15) is 0 Å². The summed E-state index contributed by atoms with van der Waals surface area (Å²) in [5.74, 6) is 0. The zero-order chi connectivity index (χ0) is 13.9. The molecule has 0 spiro atoms. The zero-order valence-corrected chi connectivity index (χ0v) is 11.5. The Bertz CT molecular complexity index is 421. The molecule has 1 saturated carbocycles. The van der Waals surface area contributed by atoms with E-state index in [2.05, 4.69) is 34.8 Å². The lowest BCUT2D eigenvalue weighted by Gasteiger charge is -2.21. The van der Waals surface area contributed by atoms with Gasteiger partial charge >= 0.3 is 0 Å². The standard InChI is InChI=1S/C12H21N2.C2HN3/c1-2-3-4-8-13-9-10-14(11-13)12-6-5-7-12;3-1-5-2-4/h9-12H,2-8H2,1H3;5H/q+1;. The minimum atomic E-state index is 0.808. The Hall–Kier alpha value is -2.01. The van der Waals surface area contributed by atoms with Crippen molar-refractivity contribution in [3.63, 3.8) is 0 Å². The van der Waals surface area contributed by atoms with Gasteiger partial charge in [-0.25, -0.2) is 14.5 Å². The van der Waals surface area contributed by atoms with Gasteiger partial charge in [-0.05, 0) is 32.1 Å². The fourth-order valence-electron chi connectivity index (χ4n) is 2.01. The van der Waals surface area contributed by atoms with Crippen LogP contribution in [0.5, 0.6) is 0 Å². The van der Waals surface area contributed by atoms with Crippen LogP contribution >= 0.6 is 0 Å². The highest BCUT2D eigenvalue weighted by Gasteiger charge is 2.23. The van der Waals surface area contributed by atoms with Crippen molar-refractivity contribution in [1.29, 1.82) is 10.5 Å². The first kappa shape index (κ1) is 15.0. The summed E-state index contributed by atoms with van der Waals surface area (Å²) in [4.78, 5) is 0. The number of aromatic nitrogens is 2. The molecule has 0 radical (unpaired) electrons. The van der Waals surface area contributed by atoms with Crippen molar-refractivity contribution in [3.05, 3.63) is 18.7 Å². The third-order valence-electron chi connectivity index (χ3n) is 3.34. The maximum atomic E-state index is 7.48. The first-order valence-corrected chi connectivity index (χ1v) is 6.91. The van der Waals surface area contributed by atoms with Crippen LogP contribution in [-0.4, -0.2) is 4.57 Å². The van der Waals surface area contributed by atoms with Gasteiger partial charge in [0, 0.05) is 0 Å². The summed E-state index contributed by atoms with van der Waals surface area (Å²) in [5, 5.41) is 16.7. The third-order valence-corrected chi connectivity index (χ3v) is 3.34. The number of aryl methyl sites for hydroxylation is 1. The second-order valence-corrected chi connectivity index (χ2v) is 4.74. The summed E-state index contributed by atoms with van der Waals surface area (Å²) >= 11 is 0. The number of nitrogens with zero attached hydrogens (tertiary/aromatic N) is 4. The fraction of sp³-hybridized carbons (Fsp3) is 0.643. The summed E-state index contributed by atoms with van der Waals surface area (Å²) in [6, 6.07) is 0.808. The molecule has 1 aromatic rings. The van der Waals surface area contributed by atoms with Crippen LogP contribution in [0.15, 0.2) is 18.7 Å². The van der Waals surface area contributed by atoms with Gasteiger partial charge in [-0.3, -0.25) is 0 Å². The largest absolute Gasteiger partial charge is 0.243 e. The second-order valence-electron chi connectivity index (χ2n) is 4.74. The van der Waals surface area contributed by atoms with Crippen LogP contribution in [0.1, 0.15) is 51.5 Å². The SMILES string of the molecule is CCCCCn1cc[n+](C2CCC2)c1.N#CNC#N. The van der Waals surface area contributed by atoms with E-state index in [1.54, 1.807) is 5.32 Å². The maximum Gasteiger partial charge on any atom is 0.243 e. The predicted octanol–water partition coefficient (Wildman–Crippen LogP) is 2.23. The maximum absolute atomic E-state index is 7.48. The van der Waals surface area contributed by atoms with E-state index in [0.717, 1.165) is 6.04 Å². The van der Waals surface area contributed by atoms with Crippen LogP contribution in [0.4, 0.5) is 0 Å². The Morgan fingerprint density at radius 2 is 2.05 bits per heavy atom. The van der Waals surface area contributed by atoms with Gasteiger partial charge in [0.05, 0.1) is 6.54 Å². The first-order valence-electron chi connectivity index (χ1n) is 6.91. The van der Waals surface area contributed by atoms with E-state index in [4.69, 9.17) is 10.5 Å². The van der Waals surface area contributed by atoms with Crippen LogP contribution in [-0.2, 0) is 6.54 Å². The van der Waals surface area contributed by atoms with Crippen molar-refractivity contribution >= 4 is 0 Å². The van der Waals surface area contributed by atoms with Gasteiger partial charge in [-0.15, -0.1) is 0 Å². The Morgan fingerprint density at radius 3 is 2.53 bits per heavy atom. The number of hydrogen-bond acceptors (Lipinski definition) is 3. The average molecular weight is 260 g/mol. The smallest absolute Gasteiger partial charge is 0.237 e. The summed E-state index contributed by atoms with van der Waals surface area (Å²) in [6.45, 7) is 3.44. The van der Waals surface area contributed by atoms with Crippen LogP contribution in [0.3, 0.4) is 0 Å². The molecule has 1 aliphatic rings. The molecule has 0 atom stereocenters. The molecule has 0 aromatic carbocycles. The molecule has 5 heteroatoms. The van der Waals surface area contributed by atoms with Gasteiger partial charge in [-0.1, -0.05) is 13.3 Å². The van der Waals surface area contributed by atoms with Gasteiger partial charge in [0.25, 0.3) is 0 Å². The molecule has 5 nitrogen and oxygen atoms in total. The van der Waals surface area contributed by atoms with E-state index in [-0.39, 0.29) is 0 Å². The molecule has 1 N–H and O–H groups in total. The van der Waals surface area contributed by atoms with Gasteiger partial charge in [0.15, 0.2) is 12.4 Å². The topological polar surface area (TPSA) is 68.4 Å². The molecule has 0 aliphatic heterocycles. The number of nitrogens with one attached hydrogen (secondary N) is 1. The van der Waals surface area contributed by atoms with E-state index < -0.39 is 0 Å². The Balaban J connectivity index is 0.000000312. The Labute approximate surface area is 115 Å². The zero-order valence-electron chi connectivity index (χ0n) is 11.5.